The molecule has 0 rings (SSSR count). The van der Waals surface area contributed by atoms with Crippen molar-refractivity contribution in [2.24, 2.45) is 0 Å². The molecule has 0 N–H and O–H groups in total. The van der Waals surface area contributed by atoms with Crippen molar-refractivity contribution >= 4 is 17.9 Å². The number of esters is 3. The van der Waals surface area contributed by atoms with E-state index >= 15 is 0 Å². The van der Waals surface area contributed by atoms with Gasteiger partial charge in [-0.15, -0.1) is 0 Å². The van der Waals surface area contributed by atoms with Crippen LogP contribution in [0, 0.1) is 0 Å². The van der Waals surface area contributed by atoms with E-state index in [0.29, 0.717) is 19.3 Å². The zero-order valence-corrected chi connectivity index (χ0v) is 34.4. The maximum atomic E-state index is 12.6. The molecule has 0 heterocycles. The third-order valence-electron chi connectivity index (χ3n) is 10.1. The summed E-state index contributed by atoms with van der Waals surface area (Å²) in [6.07, 6.45) is 41.0. The Morgan fingerprint density at radius 2 is 0.529 bits per heavy atom. The lowest BCUT2D eigenvalue weighted by Gasteiger charge is -2.18. The molecule has 6 nitrogen and oxygen atoms in total. The van der Waals surface area contributed by atoms with Crippen LogP contribution < -0.4 is 0 Å². The molecule has 0 aliphatic carbocycles. The number of unbranched alkanes of at least 4 members (excludes halogenated alkanes) is 30. The first kappa shape index (κ1) is 49.4. The lowest BCUT2D eigenvalue weighted by Crippen LogP contribution is -2.30. The van der Waals surface area contributed by atoms with E-state index in [1.165, 1.54) is 154 Å². The minimum Gasteiger partial charge on any atom is -0.462 e. The summed E-state index contributed by atoms with van der Waals surface area (Å²) < 4.78 is 16.6. The normalized spacial score (nSPS) is 11.8. The Labute approximate surface area is 317 Å². The molecule has 0 amide bonds. The molecule has 0 saturated heterocycles. The van der Waals surface area contributed by atoms with Crippen LogP contribution in [-0.2, 0) is 28.6 Å². The standard InChI is InChI=1S/C45H86O6/c1-4-7-10-13-16-18-20-21-22-23-24-25-27-30-32-35-38-44(47)50-41-42(51-45(48)39-36-33-28-15-12-9-6-3)40-49-43(46)37-34-31-29-26-19-17-14-11-8-5-2/h42H,4-41H2,1-3H3/t42-/m0/s1. The molecule has 302 valence electrons. The summed E-state index contributed by atoms with van der Waals surface area (Å²) in [4.78, 5) is 37.5. The summed E-state index contributed by atoms with van der Waals surface area (Å²) in [6.45, 7) is 6.60. The van der Waals surface area contributed by atoms with Crippen LogP contribution in [0.15, 0.2) is 0 Å². The Bertz CT molecular complexity index is 753. The third-order valence-corrected chi connectivity index (χ3v) is 10.1. The maximum absolute atomic E-state index is 12.6. The van der Waals surface area contributed by atoms with E-state index < -0.39 is 6.10 Å². The number of ether oxygens (including phenoxy) is 3. The van der Waals surface area contributed by atoms with Gasteiger partial charge in [0.15, 0.2) is 6.10 Å². The van der Waals surface area contributed by atoms with Crippen molar-refractivity contribution in [3.8, 4) is 0 Å². The van der Waals surface area contributed by atoms with Crippen LogP contribution in [0.3, 0.4) is 0 Å². The number of carbonyl (C=O) groups excluding carboxylic acids is 3. The summed E-state index contributed by atoms with van der Waals surface area (Å²) in [7, 11) is 0. The fourth-order valence-electron chi connectivity index (χ4n) is 6.68. The van der Waals surface area contributed by atoms with Gasteiger partial charge in [-0.2, -0.15) is 0 Å². The second-order valence-electron chi connectivity index (χ2n) is 15.3. The summed E-state index contributed by atoms with van der Waals surface area (Å²) in [5, 5.41) is 0. The zero-order valence-electron chi connectivity index (χ0n) is 34.4. The van der Waals surface area contributed by atoms with Crippen LogP contribution in [-0.4, -0.2) is 37.2 Å². The molecule has 0 unspecified atom stereocenters. The van der Waals surface area contributed by atoms with E-state index in [-0.39, 0.29) is 31.1 Å². The van der Waals surface area contributed by atoms with E-state index in [2.05, 4.69) is 20.8 Å². The Hall–Kier alpha value is -1.59. The van der Waals surface area contributed by atoms with Crippen molar-refractivity contribution in [1.82, 2.24) is 0 Å². The average molecular weight is 723 g/mol. The topological polar surface area (TPSA) is 78.9 Å². The van der Waals surface area contributed by atoms with E-state index in [0.717, 1.165) is 57.8 Å². The smallest absolute Gasteiger partial charge is 0.306 e. The molecular weight excluding hydrogens is 636 g/mol. The predicted octanol–water partition coefficient (Wildman–Crippen LogP) is 14.1. The number of rotatable bonds is 41. The second-order valence-corrected chi connectivity index (χ2v) is 15.3. The van der Waals surface area contributed by atoms with Gasteiger partial charge in [-0.3, -0.25) is 14.4 Å². The molecule has 0 bridgehead atoms. The molecule has 0 fully saturated rings. The molecule has 0 aromatic carbocycles. The molecule has 0 aliphatic rings. The van der Waals surface area contributed by atoms with Crippen molar-refractivity contribution in [2.75, 3.05) is 13.2 Å². The highest BCUT2D eigenvalue weighted by atomic mass is 16.6. The molecular formula is C45H86O6. The SMILES string of the molecule is CCCCCCCCCCCCCCCCCCC(=O)OC[C@H](COC(=O)CCCCCCCCCCCC)OC(=O)CCCCCCCCC. The number of hydrogen-bond donors (Lipinski definition) is 0. The van der Waals surface area contributed by atoms with Gasteiger partial charge in [-0.1, -0.05) is 213 Å². The first-order chi connectivity index (χ1) is 25.0. The highest BCUT2D eigenvalue weighted by molar-refractivity contribution is 5.71. The van der Waals surface area contributed by atoms with Gasteiger partial charge in [0.2, 0.25) is 0 Å². The Balaban J connectivity index is 4.19. The van der Waals surface area contributed by atoms with E-state index in [9.17, 15) is 14.4 Å². The Kier molecular flexibility index (Phi) is 39.9. The van der Waals surface area contributed by atoms with E-state index in [1.54, 1.807) is 0 Å². The van der Waals surface area contributed by atoms with Gasteiger partial charge in [0.25, 0.3) is 0 Å². The second kappa shape index (κ2) is 41.2. The Morgan fingerprint density at radius 3 is 0.784 bits per heavy atom. The van der Waals surface area contributed by atoms with E-state index in [4.69, 9.17) is 14.2 Å². The monoisotopic (exact) mass is 723 g/mol. The van der Waals surface area contributed by atoms with Crippen molar-refractivity contribution in [1.29, 1.82) is 0 Å². The first-order valence-electron chi connectivity index (χ1n) is 22.5. The van der Waals surface area contributed by atoms with Crippen LogP contribution in [0.4, 0.5) is 0 Å². The van der Waals surface area contributed by atoms with Crippen molar-refractivity contribution in [2.45, 2.75) is 258 Å². The van der Waals surface area contributed by atoms with Crippen LogP contribution in [0.5, 0.6) is 0 Å². The summed E-state index contributed by atoms with van der Waals surface area (Å²) in [6, 6.07) is 0. The van der Waals surface area contributed by atoms with Gasteiger partial charge in [0.1, 0.15) is 13.2 Å². The third kappa shape index (κ3) is 39.5. The number of carbonyl (C=O) groups is 3. The molecule has 51 heavy (non-hydrogen) atoms. The van der Waals surface area contributed by atoms with Gasteiger partial charge in [-0.25, -0.2) is 0 Å². The quantitative estimate of drug-likeness (QED) is 0.0355. The average Bonchev–Trinajstić information content (AvgIpc) is 3.12. The highest BCUT2D eigenvalue weighted by Gasteiger charge is 2.19. The number of hydrogen-bond acceptors (Lipinski definition) is 6. The van der Waals surface area contributed by atoms with Gasteiger partial charge in [0, 0.05) is 19.3 Å². The maximum Gasteiger partial charge on any atom is 0.306 e. The molecule has 0 spiro atoms. The van der Waals surface area contributed by atoms with Crippen LogP contribution in [0.1, 0.15) is 252 Å². The van der Waals surface area contributed by atoms with E-state index in [1.807, 2.05) is 0 Å². The molecule has 0 aromatic rings. The lowest BCUT2D eigenvalue weighted by atomic mass is 10.0. The predicted molar refractivity (Wildman–Crippen MR) is 215 cm³/mol. The molecule has 0 aliphatic heterocycles. The first-order valence-corrected chi connectivity index (χ1v) is 22.5. The molecule has 0 aromatic heterocycles. The Morgan fingerprint density at radius 1 is 0.314 bits per heavy atom. The summed E-state index contributed by atoms with van der Waals surface area (Å²) >= 11 is 0. The summed E-state index contributed by atoms with van der Waals surface area (Å²) in [5.41, 5.74) is 0. The largest absolute Gasteiger partial charge is 0.462 e. The van der Waals surface area contributed by atoms with Gasteiger partial charge in [0.05, 0.1) is 0 Å². The minimum atomic E-state index is -0.756. The van der Waals surface area contributed by atoms with Crippen LogP contribution >= 0.6 is 0 Å². The minimum absolute atomic E-state index is 0.0635. The van der Waals surface area contributed by atoms with Gasteiger partial charge in [-0.05, 0) is 19.3 Å². The van der Waals surface area contributed by atoms with Gasteiger partial charge >= 0.3 is 17.9 Å². The lowest BCUT2D eigenvalue weighted by molar-refractivity contribution is -0.167. The van der Waals surface area contributed by atoms with Crippen LogP contribution in [0.25, 0.3) is 0 Å². The zero-order chi connectivity index (χ0) is 37.3. The van der Waals surface area contributed by atoms with Crippen LogP contribution in [0.2, 0.25) is 0 Å². The van der Waals surface area contributed by atoms with Crippen molar-refractivity contribution in [3.05, 3.63) is 0 Å². The molecule has 0 radical (unpaired) electrons. The van der Waals surface area contributed by atoms with Crippen molar-refractivity contribution < 1.29 is 28.6 Å². The van der Waals surface area contributed by atoms with Crippen molar-refractivity contribution in [3.63, 3.8) is 0 Å². The molecule has 0 saturated carbocycles. The molecule has 1 atom stereocenters. The summed E-state index contributed by atoms with van der Waals surface area (Å²) in [5.74, 6) is -0.861. The fourth-order valence-corrected chi connectivity index (χ4v) is 6.68. The molecule has 6 heteroatoms. The highest BCUT2D eigenvalue weighted by Crippen LogP contribution is 2.16. The van der Waals surface area contributed by atoms with Gasteiger partial charge < -0.3 is 14.2 Å². The fraction of sp³-hybridized carbons (Fsp3) is 0.933.